The fourth-order valence-electron chi connectivity index (χ4n) is 2.62. The standard InChI is InChI=1S/C19H23FN2O2/c1-4-22(13-15-10-11-18(24-3)17(20)12-15)14(2)19(23)21-16-8-6-5-7-9-16/h5-12,14H,4,13H2,1-3H3,(H,21,23)/p+1/t14-/m1/s1. The fourth-order valence-corrected chi connectivity index (χ4v) is 2.62. The highest BCUT2D eigenvalue weighted by Crippen LogP contribution is 2.17. The summed E-state index contributed by atoms with van der Waals surface area (Å²) in [6.45, 7) is 5.23. The van der Waals surface area contributed by atoms with Gasteiger partial charge in [-0.15, -0.1) is 0 Å². The van der Waals surface area contributed by atoms with Gasteiger partial charge in [0.2, 0.25) is 0 Å². The Morgan fingerprint density at radius 3 is 2.54 bits per heavy atom. The monoisotopic (exact) mass is 331 g/mol. The van der Waals surface area contributed by atoms with Crippen LogP contribution in [-0.2, 0) is 11.3 Å². The molecule has 0 radical (unpaired) electrons. The number of methoxy groups -OCH3 is 1. The molecule has 24 heavy (non-hydrogen) atoms. The maximum Gasteiger partial charge on any atom is 0.282 e. The average Bonchev–Trinajstić information content (AvgIpc) is 2.60. The van der Waals surface area contributed by atoms with Crippen molar-refractivity contribution in [2.24, 2.45) is 0 Å². The third kappa shape index (κ3) is 4.55. The largest absolute Gasteiger partial charge is 0.494 e. The first-order valence-corrected chi connectivity index (χ1v) is 8.08. The third-order valence-corrected chi connectivity index (χ3v) is 4.15. The molecule has 0 aromatic heterocycles. The smallest absolute Gasteiger partial charge is 0.282 e. The lowest BCUT2D eigenvalue weighted by Crippen LogP contribution is -3.15. The summed E-state index contributed by atoms with van der Waals surface area (Å²) in [5.41, 5.74) is 1.62. The van der Waals surface area contributed by atoms with Crippen LogP contribution in [0.4, 0.5) is 10.1 Å². The molecule has 1 unspecified atom stereocenters. The van der Waals surface area contributed by atoms with E-state index in [1.54, 1.807) is 6.07 Å². The molecule has 1 amide bonds. The second-order valence-corrected chi connectivity index (χ2v) is 5.73. The number of ether oxygens (including phenoxy) is 1. The van der Waals surface area contributed by atoms with Crippen molar-refractivity contribution in [3.05, 3.63) is 59.9 Å². The molecule has 0 aliphatic rings. The molecule has 2 atom stereocenters. The first-order valence-electron chi connectivity index (χ1n) is 8.08. The Labute approximate surface area is 142 Å². The van der Waals surface area contributed by atoms with Crippen molar-refractivity contribution in [1.82, 2.24) is 0 Å². The molecular weight excluding hydrogens is 307 g/mol. The van der Waals surface area contributed by atoms with Gasteiger partial charge in [0.15, 0.2) is 17.6 Å². The maximum absolute atomic E-state index is 13.8. The van der Waals surface area contributed by atoms with E-state index in [-0.39, 0.29) is 23.5 Å². The molecule has 4 nitrogen and oxygen atoms in total. The lowest BCUT2D eigenvalue weighted by atomic mass is 10.1. The van der Waals surface area contributed by atoms with Crippen LogP contribution in [-0.4, -0.2) is 25.6 Å². The molecule has 0 fully saturated rings. The number of carbonyl (C=O) groups excluding carboxylic acids is 1. The number of anilines is 1. The van der Waals surface area contributed by atoms with Gasteiger partial charge in [-0.05, 0) is 44.2 Å². The molecule has 2 aromatic carbocycles. The highest BCUT2D eigenvalue weighted by atomic mass is 19.1. The summed E-state index contributed by atoms with van der Waals surface area (Å²) in [4.78, 5) is 13.5. The Morgan fingerprint density at radius 2 is 1.96 bits per heavy atom. The van der Waals surface area contributed by atoms with Crippen LogP contribution in [0, 0.1) is 5.82 Å². The zero-order chi connectivity index (χ0) is 17.5. The van der Waals surface area contributed by atoms with Gasteiger partial charge < -0.3 is 15.0 Å². The van der Waals surface area contributed by atoms with Gasteiger partial charge in [-0.2, -0.15) is 0 Å². The van der Waals surface area contributed by atoms with Gasteiger partial charge in [-0.3, -0.25) is 4.79 Å². The molecule has 0 bridgehead atoms. The molecule has 0 saturated heterocycles. The zero-order valence-corrected chi connectivity index (χ0v) is 14.3. The molecule has 128 valence electrons. The number of rotatable bonds is 7. The van der Waals surface area contributed by atoms with Crippen molar-refractivity contribution in [1.29, 1.82) is 0 Å². The van der Waals surface area contributed by atoms with Crippen molar-refractivity contribution < 1.29 is 18.8 Å². The van der Waals surface area contributed by atoms with E-state index < -0.39 is 0 Å². The fraction of sp³-hybridized carbons (Fsp3) is 0.316. The first-order chi connectivity index (χ1) is 11.5. The number of amides is 1. The van der Waals surface area contributed by atoms with Crippen LogP contribution in [0.2, 0.25) is 0 Å². The first kappa shape index (κ1) is 17.9. The molecule has 2 aromatic rings. The van der Waals surface area contributed by atoms with Crippen LogP contribution < -0.4 is 15.0 Å². The number of hydrogen-bond donors (Lipinski definition) is 2. The van der Waals surface area contributed by atoms with Crippen LogP contribution >= 0.6 is 0 Å². The predicted octanol–water partition coefficient (Wildman–Crippen LogP) is 2.27. The van der Waals surface area contributed by atoms with E-state index in [4.69, 9.17) is 4.74 Å². The van der Waals surface area contributed by atoms with Gasteiger partial charge in [0.25, 0.3) is 5.91 Å². The Kier molecular flexibility index (Phi) is 6.32. The Balaban J connectivity index is 2.04. The summed E-state index contributed by atoms with van der Waals surface area (Å²) >= 11 is 0. The van der Waals surface area contributed by atoms with E-state index in [1.807, 2.05) is 50.2 Å². The summed E-state index contributed by atoms with van der Waals surface area (Å²) in [6, 6.07) is 14.0. The predicted molar refractivity (Wildman–Crippen MR) is 92.7 cm³/mol. The van der Waals surface area contributed by atoms with E-state index in [9.17, 15) is 9.18 Å². The average molecular weight is 331 g/mol. The maximum atomic E-state index is 13.8. The normalized spacial score (nSPS) is 13.2. The van der Waals surface area contributed by atoms with Gasteiger partial charge in [-0.25, -0.2) is 4.39 Å². The summed E-state index contributed by atoms with van der Waals surface area (Å²) in [5.74, 6) is -0.203. The molecular formula is C19H24FN2O2+. The van der Waals surface area contributed by atoms with Gasteiger partial charge in [0.05, 0.1) is 13.7 Å². The molecule has 0 saturated carbocycles. The highest BCUT2D eigenvalue weighted by Gasteiger charge is 2.24. The minimum atomic E-state index is -0.383. The van der Waals surface area contributed by atoms with E-state index in [0.717, 1.165) is 22.7 Å². The van der Waals surface area contributed by atoms with Crippen molar-refractivity contribution >= 4 is 11.6 Å². The molecule has 5 heteroatoms. The van der Waals surface area contributed by atoms with E-state index in [2.05, 4.69) is 5.32 Å². The Hall–Kier alpha value is -2.40. The Morgan fingerprint density at radius 1 is 1.25 bits per heavy atom. The topological polar surface area (TPSA) is 42.8 Å². The third-order valence-electron chi connectivity index (χ3n) is 4.15. The number of hydrogen-bond acceptors (Lipinski definition) is 2. The number of benzene rings is 2. The molecule has 0 aliphatic carbocycles. The van der Waals surface area contributed by atoms with Gasteiger partial charge in [0.1, 0.15) is 6.54 Å². The zero-order valence-electron chi connectivity index (χ0n) is 14.3. The van der Waals surface area contributed by atoms with E-state index in [1.165, 1.54) is 13.2 Å². The van der Waals surface area contributed by atoms with Gasteiger partial charge in [-0.1, -0.05) is 18.2 Å². The summed E-state index contributed by atoms with van der Waals surface area (Å²) in [6.07, 6.45) is 0. The number of nitrogens with one attached hydrogen (secondary N) is 2. The summed E-state index contributed by atoms with van der Waals surface area (Å²) < 4.78 is 18.8. The van der Waals surface area contributed by atoms with Crippen LogP contribution in [0.3, 0.4) is 0 Å². The SMILES string of the molecule is CC[NH+](Cc1ccc(OC)c(F)c1)[C@H](C)C(=O)Nc1ccccc1. The van der Waals surface area contributed by atoms with Crippen molar-refractivity contribution in [3.8, 4) is 5.75 Å². The van der Waals surface area contributed by atoms with Gasteiger partial charge >= 0.3 is 0 Å². The number of carbonyl (C=O) groups is 1. The molecule has 0 aliphatic heterocycles. The number of para-hydroxylation sites is 1. The lowest BCUT2D eigenvalue weighted by Gasteiger charge is -2.24. The van der Waals surface area contributed by atoms with Crippen molar-refractivity contribution in [2.45, 2.75) is 26.4 Å². The Bertz CT molecular complexity index is 676. The number of quaternary nitrogens is 1. The van der Waals surface area contributed by atoms with Crippen LogP contribution in [0.1, 0.15) is 19.4 Å². The van der Waals surface area contributed by atoms with Crippen molar-refractivity contribution in [3.63, 3.8) is 0 Å². The van der Waals surface area contributed by atoms with Gasteiger partial charge in [0, 0.05) is 11.3 Å². The number of likely N-dealkylation sites (N-methyl/N-ethyl adjacent to an activating group) is 1. The molecule has 0 spiro atoms. The van der Waals surface area contributed by atoms with Crippen molar-refractivity contribution in [2.75, 3.05) is 19.0 Å². The van der Waals surface area contributed by atoms with Crippen LogP contribution in [0.25, 0.3) is 0 Å². The molecule has 2 N–H and O–H groups in total. The summed E-state index contributed by atoms with van der Waals surface area (Å²) in [5, 5.41) is 2.92. The molecule has 0 heterocycles. The minimum absolute atomic E-state index is 0.0490. The quantitative estimate of drug-likeness (QED) is 0.817. The highest BCUT2D eigenvalue weighted by molar-refractivity contribution is 5.93. The molecule has 2 rings (SSSR count). The summed E-state index contributed by atoms with van der Waals surface area (Å²) in [7, 11) is 1.44. The van der Waals surface area contributed by atoms with E-state index in [0.29, 0.717) is 6.54 Å². The van der Waals surface area contributed by atoms with E-state index >= 15 is 0 Å². The van der Waals surface area contributed by atoms with Crippen LogP contribution in [0.5, 0.6) is 5.75 Å². The second kappa shape index (κ2) is 8.45. The lowest BCUT2D eigenvalue weighted by molar-refractivity contribution is -0.925. The number of halogens is 1. The van der Waals surface area contributed by atoms with Crippen LogP contribution in [0.15, 0.2) is 48.5 Å². The minimum Gasteiger partial charge on any atom is -0.494 e. The second-order valence-electron chi connectivity index (χ2n) is 5.73.